The van der Waals surface area contributed by atoms with E-state index in [0.717, 1.165) is 10.6 Å². The molecule has 7 heteroatoms. The Hall–Kier alpha value is -1.08. The Morgan fingerprint density at radius 1 is 1.73 bits per heavy atom. The lowest BCUT2D eigenvalue weighted by molar-refractivity contribution is -0.245. The minimum Gasteiger partial charge on any atom is -0.475 e. The van der Waals surface area contributed by atoms with Gasteiger partial charge in [0, 0.05) is 11.3 Å². The monoisotopic (exact) mass is 237 g/mol. The van der Waals surface area contributed by atoms with Gasteiger partial charge in [-0.3, -0.25) is 0 Å². The van der Waals surface area contributed by atoms with E-state index in [1.807, 2.05) is 0 Å². The van der Waals surface area contributed by atoms with Crippen LogP contribution in [0.1, 0.15) is 10.6 Å². The third kappa shape index (κ3) is 3.21. The summed E-state index contributed by atoms with van der Waals surface area (Å²) in [5.74, 6) is -2.27. The summed E-state index contributed by atoms with van der Waals surface area (Å²) >= 11 is 1.33. The maximum absolute atomic E-state index is 12.4. The molecule has 0 saturated heterocycles. The van der Waals surface area contributed by atoms with Crippen molar-refractivity contribution in [3.63, 3.8) is 0 Å². The Balaban J connectivity index is 2.40. The molecule has 0 radical (unpaired) electrons. The number of aromatic nitrogens is 1. The second-order valence-electron chi connectivity index (χ2n) is 2.78. The van der Waals surface area contributed by atoms with Gasteiger partial charge in [-0.15, -0.1) is 11.3 Å². The highest BCUT2D eigenvalue weighted by atomic mass is 32.1. The van der Waals surface area contributed by atoms with Crippen molar-refractivity contribution >= 4 is 17.3 Å². The predicted molar refractivity (Wildman–Crippen MR) is 49.1 cm³/mol. The van der Waals surface area contributed by atoms with Crippen molar-refractivity contribution in [1.29, 1.82) is 0 Å². The van der Waals surface area contributed by atoms with E-state index in [1.54, 1.807) is 12.4 Å². The Labute approximate surface area is 88.5 Å². The number of rotatable bonds is 5. The maximum atomic E-state index is 12.4. The van der Waals surface area contributed by atoms with E-state index >= 15 is 0 Å². The van der Waals surface area contributed by atoms with Gasteiger partial charge in [0.15, 0.2) is 0 Å². The fourth-order valence-corrected chi connectivity index (χ4v) is 1.66. The number of carboxylic acid groups (broad SMARTS) is 1. The largest absolute Gasteiger partial charge is 0.475 e. The van der Waals surface area contributed by atoms with Crippen molar-refractivity contribution in [2.45, 2.75) is 19.5 Å². The molecule has 0 aliphatic carbocycles. The molecule has 4 nitrogen and oxygen atoms in total. The molecular weight excluding hydrogens is 228 g/mol. The number of hydrogen-bond acceptors (Lipinski definition) is 4. The van der Waals surface area contributed by atoms with Crippen LogP contribution in [0.25, 0.3) is 0 Å². The lowest BCUT2D eigenvalue weighted by atomic mass is 10.3. The van der Waals surface area contributed by atoms with Crippen LogP contribution in [0.3, 0.4) is 0 Å². The van der Waals surface area contributed by atoms with Crippen LogP contribution in [-0.4, -0.2) is 28.8 Å². The highest BCUT2D eigenvalue weighted by molar-refractivity contribution is 7.09. The number of halogens is 2. The lowest BCUT2D eigenvalue weighted by Gasteiger charge is -2.10. The second-order valence-corrected chi connectivity index (χ2v) is 3.72. The average Bonchev–Trinajstić information content (AvgIpc) is 2.51. The third-order valence-electron chi connectivity index (χ3n) is 1.71. The molecule has 1 aromatic rings. The SMILES string of the molecule is Cc1ncsc1CCOC(F)(F)C(=O)O. The summed E-state index contributed by atoms with van der Waals surface area (Å²) in [7, 11) is 0. The number of ether oxygens (including phenoxy) is 1. The third-order valence-corrected chi connectivity index (χ3v) is 2.70. The number of alkyl halides is 2. The first-order valence-corrected chi connectivity index (χ1v) is 4.95. The first-order chi connectivity index (χ1) is 6.93. The predicted octanol–water partition coefficient (Wildman–Crippen LogP) is 1.69. The molecule has 0 spiro atoms. The minimum absolute atomic E-state index is 0.235. The van der Waals surface area contributed by atoms with Crippen LogP contribution >= 0.6 is 11.3 Å². The number of nitrogens with zero attached hydrogens (tertiary/aromatic N) is 1. The van der Waals surface area contributed by atoms with Crippen molar-refractivity contribution in [1.82, 2.24) is 4.98 Å². The Morgan fingerprint density at radius 3 is 2.87 bits per heavy atom. The number of hydrogen-bond donors (Lipinski definition) is 1. The van der Waals surface area contributed by atoms with Crippen LogP contribution in [-0.2, 0) is 16.0 Å². The van der Waals surface area contributed by atoms with Gasteiger partial charge in [-0.05, 0) is 6.92 Å². The fraction of sp³-hybridized carbons (Fsp3) is 0.500. The van der Waals surface area contributed by atoms with Crippen LogP contribution < -0.4 is 0 Å². The first kappa shape index (κ1) is 12.0. The molecule has 0 atom stereocenters. The molecule has 0 bridgehead atoms. The topological polar surface area (TPSA) is 59.4 Å². The zero-order chi connectivity index (χ0) is 11.5. The highest BCUT2D eigenvalue weighted by Gasteiger charge is 2.40. The van der Waals surface area contributed by atoms with E-state index in [-0.39, 0.29) is 13.0 Å². The number of carbonyl (C=O) groups is 1. The molecule has 0 aliphatic heterocycles. The summed E-state index contributed by atoms with van der Waals surface area (Å²) < 4.78 is 28.8. The van der Waals surface area contributed by atoms with Crippen molar-refractivity contribution in [3.05, 3.63) is 16.1 Å². The summed E-state index contributed by atoms with van der Waals surface area (Å²) in [6.07, 6.45) is -3.88. The minimum atomic E-state index is -4.11. The van der Waals surface area contributed by atoms with Gasteiger partial charge < -0.3 is 9.84 Å². The average molecular weight is 237 g/mol. The van der Waals surface area contributed by atoms with E-state index in [9.17, 15) is 13.6 Å². The van der Waals surface area contributed by atoms with E-state index in [1.165, 1.54) is 11.3 Å². The van der Waals surface area contributed by atoms with Crippen molar-refractivity contribution in [2.24, 2.45) is 0 Å². The highest BCUT2D eigenvalue weighted by Crippen LogP contribution is 2.18. The number of carboxylic acids is 1. The molecule has 0 unspecified atom stereocenters. The van der Waals surface area contributed by atoms with Gasteiger partial charge in [-0.25, -0.2) is 9.78 Å². The Kier molecular flexibility index (Phi) is 3.70. The molecule has 84 valence electrons. The molecule has 1 rings (SSSR count). The van der Waals surface area contributed by atoms with Crippen LogP contribution in [0, 0.1) is 6.92 Å². The summed E-state index contributed by atoms with van der Waals surface area (Å²) in [6, 6.07) is 0. The molecule has 0 aromatic carbocycles. The van der Waals surface area contributed by atoms with Gasteiger partial charge in [0.05, 0.1) is 17.8 Å². The van der Waals surface area contributed by atoms with E-state index < -0.39 is 12.1 Å². The molecular formula is C8H9F2NO3S. The maximum Gasteiger partial charge on any atom is 0.455 e. The summed E-state index contributed by atoms with van der Waals surface area (Å²) in [6.45, 7) is 1.41. The Morgan fingerprint density at radius 2 is 2.40 bits per heavy atom. The zero-order valence-electron chi connectivity index (χ0n) is 7.87. The van der Waals surface area contributed by atoms with E-state index in [0.29, 0.717) is 0 Å². The molecule has 1 aromatic heterocycles. The zero-order valence-corrected chi connectivity index (χ0v) is 8.68. The lowest BCUT2D eigenvalue weighted by Crippen LogP contribution is -2.32. The van der Waals surface area contributed by atoms with Gasteiger partial charge in [0.2, 0.25) is 0 Å². The smallest absolute Gasteiger partial charge is 0.455 e. The van der Waals surface area contributed by atoms with Gasteiger partial charge in [0.1, 0.15) is 0 Å². The van der Waals surface area contributed by atoms with Gasteiger partial charge in [0.25, 0.3) is 0 Å². The molecule has 15 heavy (non-hydrogen) atoms. The summed E-state index contributed by atoms with van der Waals surface area (Å²) in [5, 5.41) is 8.07. The molecule has 0 saturated carbocycles. The quantitative estimate of drug-likeness (QED) is 0.846. The standard InChI is InChI=1S/C8H9F2NO3S/c1-5-6(15-4-11-5)2-3-14-8(9,10)7(12)13/h4H,2-3H2,1H3,(H,12,13). The molecule has 0 fully saturated rings. The molecule has 0 amide bonds. The normalized spacial score (nSPS) is 11.7. The van der Waals surface area contributed by atoms with Gasteiger partial charge in [-0.2, -0.15) is 8.78 Å². The summed E-state index contributed by atoms with van der Waals surface area (Å²) in [4.78, 5) is 14.7. The first-order valence-electron chi connectivity index (χ1n) is 4.07. The van der Waals surface area contributed by atoms with Crippen LogP contribution in [0.15, 0.2) is 5.51 Å². The Bertz CT molecular complexity index is 353. The number of aliphatic carboxylic acids is 1. The van der Waals surface area contributed by atoms with Crippen LogP contribution in [0.2, 0.25) is 0 Å². The fourth-order valence-electron chi connectivity index (χ4n) is 0.900. The molecule has 1 heterocycles. The van der Waals surface area contributed by atoms with Crippen LogP contribution in [0.5, 0.6) is 0 Å². The van der Waals surface area contributed by atoms with Gasteiger partial charge >= 0.3 is 12.1 Å². The van der Waals surface area contributed by atoms with E-state index in [2.05, 4.69) is 9.72 Å². The van der Waals surface area contributed by atoms with Crippen molar-refractivity contribution in [2.75, 3.05) is 6.61 Å². The van der Waals surface area contributed by atoms with Crippen LogP contribution in [0.4, 0.5) is 8.78 Å². The van der Waals surface area contributed by atoms with E-state index in [4.69, 9.17) is 5.11 Å². The number of thiazole rings is 1. The molecule has 1 N–H and O–H groups in total. The van der Waals surface area contributed by atoms with Crippen molar-refractivity contribution < 1.29 is 23.4 Å². The van der Waals surface area contributed by atoms with Crippen molar-refractivity contribution in [3.8, 4) is 0 Å². The second kappa shape index (κ2) is 4.63. The van der Waals surface area contributed by atoms with Gasteiger partial charge in [-0.1, -0.05) is 0 Å². The number of aryl methyl sites for hydroxylation is 1. The summed E-state index contributed by atoms with van der Waals surface area (Å²) in [5.41, 5.74) is 2.35. The molecule has 0 aliphatic rings.